The quantitative estimate of drug-likeness (QED) is 0.326. The summed E-state index contributed by atoms with van der Waals surface area (Å²) < 4.78 is 16.2. The molecule has 0 amide bonds. The van der Waals surface area contributed by atoms with Crippen molar-refractivity contribution in [1.29, 1.82) is 0 Å². The number of aliphatic imine (C=N–C) groups is 1. The number of hydrogen-bond acceptors (Lipinski definition) is 6. The first kappa shape index (κ1) is 23.3. The number of thiazole rings is 1. The molecule has 0 spiro atoms. The fourth-order valence-electron chi connectivity index (χ4n) is 2.53. The van der Waals surface area contributed by atoms with Gasteiger partial charge in [-0.05, 0) is 19.1 Å². The summed E-state index contributed by atoms with van der Waals surface area (Å²) in [5.41, 5.74) is 2.04. The van der Waals surface area contributed by atoms with Gasteiger partial charge in [0.1, 0.15) is 0 Å². The Balaban J connectivity index is 0.00000364. The van der Waals surface area contributed by atoms with E-state index in [1.54, 1.807) is 39.7 Å². The zero-order valence-corrected chi connectivity index (χ0v) is 19.4. The molecule has 0 aliphatic heterocycles. The molecule has 0 unspecified atom stereocenters. The van der Waals surface area contributed by atoms with Crippen LogP contribution in [0.15, 0.2) is 22.5 Å². The zero-order valence-electron chi connectivity index (χ0n) is 16.3. The Morgan fingerprint density at radius 1 is 1.11 bits per heavy atom. The van der Waals surface area contributed by atoms with E-state index in [4.69, 9.17) is 14.2 Å². The third-order valence-corrected chi connectivity index (χ3v) is 4.62. The highest BCUT2D eigenvalue weighted by molar-refractivity contribution is 14.0. The topological polar surface area (TPSA) is 77.0 Å². The lowest BCUT2D eigenvalue weighted by molar-refractivity contribution is 0.322. The van der Waals surface area contributed by atoms with E-state index in [-0.39, 0.29) is 24.0 Å². The second-order valence-corrected chi connectivity index (χ2v) is 6.52. The summed E-state index contributed by atoms with van der Waals surface area (Å²) in [6, 6.07) is 3.80. The van der Waals surface area contributed by atoms with E-state index >= 15 is 0 Å². The summed E-state index contributed by atoms with van der Waals surface area (Å²) in [7, 11) is 6.56. The zero-order chi connectivity index (χ0) is 18.9. The maximum Gasteiger partial charge on any atom is 0.203 e. The Kier molecular flexibility index (Phi) is 10.2. The standard InChI is InChI=1S/C18H26N4O3S.HI/c1-12-22-14(11-26-12)8-9-20-18(19-2)21-10-13-6-7-15(23-3)17(25-5)16(13)24-4;/h6-7,11H,8-10H2,1-5H3,(H2,19,20,21);1H. The van der Waals surface area contributed by atoms with Crippen LogP contribution in [0.25, 0.3) is 0 Å². The van der Waals surface area contributed by atoms with Crippen molar-refractivity contribution < 1.29 is 14.2 Å². The van der Waals surface area contributed by atoms with Crippen molar-refractivity contribution in [3.05, 3.63) is 33.8 Å². The van der Waals surface area contributed by atoms with E-state index in [1.165, 1.54) is 0 Å². The van der Waals surface area contributed by atoms with E-state index in [2.05, 4.69) is 26.0 Å². The molecule has 2 aromatic rings. The number of halogens is 1. The van der Waals surface area contributed by atoms with Crippen LogP contribution in [0.3, 0.4) is 0 Å². The molecule has 2 N–H and O–H groups in total. The van der Waals surface area contributed by atoms with Gasteiger partial charge in [0.05, 0.1) is 32.0 Å². The first-order valence-corrected chi connectivity index (χ1v) is 9.14. The normalized spacial score (nSPS) is 10.8. The molecule has 0 fully saturated rings. The van der Waals surface area contributed by atoms with Crippen LogP contribution in [0.4, 0.5) is 0 Å². The third-order valence-electron chi connectivity index (χ3n) is 3.80. The predicted molar refractivity (Wildman–Crippen MR) is 120 cm³/mol. The highest BCUT2D eigenvalue weighted by atomic mass is 127. The fourth-order valence-corrected chi connectivity index (χ4v) is 3.18. The molecule has 0 aliphatic rings. The Bertz CT molecular complexity index is 752. The first-order valence-electron chi connectivity index (χ1n) is 8.26. The van der Waals surface area contributed by atoms with Gasteiger partial charge in [-0.25, -0.2) is 4.98 Å². The molecule has 0 aliphatic carbocycles. The molecular formula is C18H27IN4O3S. The monoisotopic (exact) mass is 506 g/mol. The first-order chi connectivity index (χ1) is 12.6. The lowest BCUT2D eigenvalue weighted by atomic mass is 10.1. The number of nitrogens with zero attached hydrogens (tertiary/aromatic N) is 2. The van der Waals surface area contributed by atoms with E-state index < -0.39 is 0 Å². The van der Waals surface area contributed by atoms with Crippen LogP contribution < -0.4 is 24.8 Å². The Hall–Kier alpha value is -1.75. The average molecular weight is 506 g/mol. The van der Waals surface area contributed by atoms with Gasteiger partial charge in [-0.1, -0.05) is 0 Å². The van der Waals surface area contributed by atoms with Crippen LogP contribution in [-0.4, -0.2) is 45.9 Å². The minimum atomic E-state index is 0. The van der Waals surface area contributed by atoms with Crippen LogP contribution in [0.5, 0.6) is 17.2 Å². The highest BCUT2D eigenvalue weighted by Crippen LogP contribution is 2.39. The van der Waals surface area contributed by atoms with Crippen molar-refractivity contribution in [3.63, 3.8) is 0 Å². The van der Waals surface area contributed by atoms with Crippen LogP contribution in [0.1, 0.15) is 16.3 Å². The summed E-state index contributed by atoms with van der Waals surface area (Å²) in [5.74, 6) is 2.58. The Labute approximate surface area is 181 Å². The SMILES string of the molecule is CN=C(NCCc1csc(C)n1)NCc1ccc(OC)c(OC)c1OC.I. The largest absolute Gasteiger partial charge is 0.493 e. The summed E-state index contributed by atoms with van der Waals surface area (Å²) in [6.07, 6.45) is 0.852. The molecule has 1 aromatic carbocycles. The molecule has 27 heavy (non-hydrogen) atoms. The summed E-state index contributed by atoms with van der Waals surface area (Å²) in [5, 5.41) is 9.75. The molecule has 9 heteroatoms. The molecule has 2 rings (SSSR count). The maximum absolute atomic E-state index is 5.50. The molecule has 0 saturated heterocycles. The van der Waals surface area contributed by atoms with Gasteiger partial charge in [-0.2, -0.15) is 0 Å². The van der Waals surface area contributed by atoms with Crippen LogP contribution >= 0.6 is 35.3 Å². The molecule has 0 atom stereocenters. The van der Waals surface area contributed by atoms with Gasteiger partial charge < -0.3 is 24.8 Å². The van der Waals surface area contributed by atoms with Crippen molar-refractivity contribution in [1.82, 2.24) is 15.6 Å². The van der Waals surface area contributed by atoms with Gasteiger partial charge in [0.15, 0.2) is 17.5 Å². The number of aryl methyl sites for hydroxylation is 1. The van der Waals surface area contributed by atoms with Crippen LogP contribution in [0, 0.1) is 6.92 Å². The number of guanidine groups is 1. The third kappa shape index (κ3) is 6.42. The Morgan fingerprint density at radius 2 is 1.85 bits per heavy atom. The van der Waals surface area contributed by atoms with E-state index in [9.17, 15) is 0 Å². The van der Waals surface area contributed by atoms with E-state index in [0.29, 0.717) is 29.8 Å². The minimum absolute atomic E-state index is 0. The molecular weight excluding hydrogens is 479 g/mol. The minimum Gasteiger partial charge on any atom is -0.493 e. The van der Waals surface area contributed by atoms with Crippen molar-refractivity contribution in [2.24, 2.45) is 4.99 Å². The summed E-state index contributed by atoms with van der Waals surface area (Å²) in [6.45, 7) is 3.31. The molecule has 150 valence electrons. The van der Waals surface area contributed by atoms with E-state index in [1.807, 2.05) is 19.1 Å². The number of aromatic nitrogens is 1. The Morgan fingerprint density at radius 3 is 2.41 bits per heavy atom. The van der Waals surface area contributed by atoms with Gasteiger partial charge in [-0.3, -0.25) is 4.99 Å². The summed E-state index contributed by atoms with van der Waals surface area (Å²) in [4.78, 5) is 8.71. The molecule has 1 aromatic heterocycles. The van der Waals surface area contributed by atoms with Gasteiger partial charge in [0, 0.05) is 37.5 Å². The lowest BCUT2D eigenvalue weighted by Gasteiger charge is -2.17. The molecule has 7 nitrogen and oxygen atoms in total. The number of methoxy groups -OCH3 is 3. The second kappa shape index (κ2) is 11.9. The number of nitrogens with one attached hydrogen (secondary N) is 2. The average Bonchev–Trinajstić information content (AvgIpc) is 3.08. The fraction of sp³-hybridized carbons (Fsp3) is 0.444. The number of hydrogen-bond donors (Lipinski definition) is 2. The molecule has 1 heterocycles. The smallest absolute Gasteiger partial charge is 0.203 e. The van der Waals surface area contributed by atoms with Crippen molar-refractivity contribution >= 4 is 41.3 Å². The highest BCUT2D eigenvalue weighted by Gasteiger charge is 2.15. The van der Waals surface area contributed by atoms with Crippen molar-refractivity contribution in [2.75, 3.05) is 34.9 Å². The van der Waals surface area contributed by atoms with Crippen molar-refractivity contribution in [3.8, 4) is 17.2 Å². The lowest BCUT2D eigenvalue weighted by Crippen LogP contribution is -2.38. The summed E-state index contributed by atoms with van der Waals surface area (Å²) >= 11 is 1.67. The number of benzene rings is 1. The maximum atomic E-state index is 5.50. The second-order valence-electron chi connectivity index (χ2n) is 5.45. The van der Waals surface area contributed by atoms with E-state index in [0.717, 1.165) is 29.2 Å². The van der Waals surface area contributed by atoms with Gasteiger partial charge in [-0.15, -0.1) is 35.3 Å². The molecule has 0 radical (unpaired) electrons. The number of ether oxygens (including phenoxy) is 3. The predicted octanol–water partition coefficient (Wildman–Crippen LogP) is 3.00. The molecule has 0 saturated carbocycles. The van der Waals surface area contributed by atoms with Gasteiger partial charge in [0.25, 0.3) is 0 Å². The van der Waals surface area contributed by atoms with Crippen LogP contribution in [0.2, 0.25) is 0 Å². The van der Waals surface area contributed by atoms with Gasteiger partial charge >= 0.3 is 0 Å². The number of rotatable bonds is 8. The molecule has 0 bridgehead atoms. The van der Waals surface area contributed by atoms with Crippen molar-refractivity contribution in [2.45, 2.75) is 19.9 Å². The van der Waals surface area contributed by atoms with Crippen LogP contribution in [-0.2, 0) is 13.0 Å². The van der Waals surface area contributed by atoms with Gasteiger partial charge in [0.2, 0.25) is 5.75 Å².